The molecule has 1 N–H and O–H groups in total. The summed E-state index contributed by atoms with van der Waals surface area (Å²) in [4.78, 5) is 37.8. The van der Waals surface area contributed by atoms with Gasteiger partial charge in [0.25, 0.3) is 11.8 Å². The Labute approximate surface area is 192 Å². The fourth-order valence-electron chi connectivity index (χ4n) is 3.22. The van der Waals surface area contributed by atoms with Gasteiger partial charge in [-0.3, -0.25) is 19.8 Å². The molecule has 7 nitrogen and oxygen atoms in total. The quantitative estimate of drug-likeness (QED) is 0.361. The average Bonchev–Trinajstić information content (AvgIpc) is 3.19. The zero-order valence-electron chi connectivity index (χ0n) is 16.5. The smallest absolute Gasteiger partial charge is 0.270 e. The molecule has 0 atom stereocenters. The molecule has 0 aliphatic carbocycles. The first-order valence-electron chi connectivity index (χ1n) is 9.34. The van der Waals surface area contributed by atoms with E-state index in [0.717, 1.165) is 5.56 Å². The molecule has 0 unspecified atom stereocenters. The van der Waals surface area contributed by atoms with Crippen LogP contribution in [-0.4, -0.2) is 22.9 Å². The third-order valence-corrected chi connectivity index (χ3v) is 5.35. The first-order valence-corrected chi connectivity index (χ1v) is 10.1. The predicted octanol–water partition coefficient (Wildman–Crippen LogP) is 3.10. The molecular weight excluding hydrogens is 452 g/mol. The lowest BCUT2D eigenvalue weighted by Crippen LogP contribution is -2.54. The number of halogens is 1. The SMILES string of the molecule is Cc1cccc(N2C(=O)/C(=C\c3ccc(-c4ccc(C(=O)[O-])c(Cl)c4)o3)C(=O)NC2=S)c1. The molecule has 2 aromatic carbocycles. The summed E-state index contributed by atoms with van der Waals surface area (Å²) >= 11 is 11.2. The number of furan rings is 1. The highest BCUT2D eigenvalue weighted by atomic mass is 35.5. The lowest BCUT2D eigenvalue weighted by Gasteiger charge is -2.29. The van der Waals surface area contributed by atoms with E-state index in [2.05, 4.69) is 5.32 Å². The van der Waals surface area contributed by atoms with Crippen molar-refractivity contribution in [2.24, 2.45) is 0 Å². The first-order chi connectivity index (χ1) is 15.2. The molecule has 1 fully saturated rings. The van der Waals surface area contributed by atoms with E-state index in [4.69, 9.17) is 28.2 Å². The zero-order chi connectivity index (χ0) is 23.0. The number of amides is 2. The van der Waals surface area contributed by atoms with Crippen LogP contribution in [0.3, 0.4) is 0 Å². The highest BCUT2D eigenvalue weighted by Gasteiger charge is 2.34. The Kier molecular flexibility index (Phi) is 5.65. The normalized spacial score (nSPS) is 15.2. The Balaban J connectivity index is 1.66. The van der Waals surface area contributed by atoms with E-state index >= 15 is 0 Å². The maximum Gasteiger partial charge on any atom is 0.270 e. The number of nitrogens with zero attached hydrogens (tertiary/aromatic N) is 1. The molecule has 4 rings (SSSR count). The second-order valence-electron chi connectivity index (χ2n) is 6.98. The third kappa shape index (κ3) is 4.05. The van der Waals surface area contributed by atoms with E-state index < -0.39 is 17.8 Å². The molecule has 1 aromatic heterocycles. The van der Waals surface area contributed by atoms with Crippen molar-refractivity contribution in [3.8, 4) is 11.3 Å². The van der Waals surface area contributed by atoms with Gasteiger partial charge in [-0.2, -0.15) is 0 Å². The van der Waals surface area contributed by atoms with Crippen LogP contribution in [0.15, 0.2) is 64.6 Å². The number of nitrogens with one attached hydrogen (secondary N) is 1. The summed E-state index contributed by atoms with van der Waals surface area (Å²) in [5, 5.41) is 13.5. The number of carbonyl (C=O) groups excluding carboxylic acids is 3. The molecule has 3 aromatic rings. The average molecular weight is 466 g/mol. The summed E-state index contributed by atoms with van der Waals surface area (Å²) in [6.07, 6.45) is 1.32. The number of thiocarbonyl (C=S) groups is 1. The monoisotopic (exact) mass is 465 g/mol. The number of carbonyl (C=O) groups is 3. The van der Waals surface area contributed by atoms with Gasteiger partial charge in [0.15, 0.2) is 5.11 Å². The Bertz CT molecular complexity index is 1330. The Morgan fingerprint density at radius 3 is 2.62 bits per heavy atom. The van der Waals surface area contributed by atoms with Crippen LogP contribution >= 0.6 is 23.8 Å². The standard InChI is InChI=1S/C23H15ClN2O5S/c1-12-3-2-4-14(9-12)26-21(28)17(20(27)25-23(26)32)11-15-6-8-19(31-15)13-5-7-16(22(29)30)18(24)10-13/h2-11H,1H3,(H,29,30)(H,25,27,32)/p-1/b17-11-. The lowest BCUT2D eigenvalue weighted by atomic mass is 10.1. The van der Waals surface area contributed by atoms with Crippen LogP contribution < -0.4 is 15.3 Å². The van der Waals surface area contributed by atoms with E-state index in [1.54, 1.807) is 30.3 Å². The molecule has 0 bridgehead atoms. The zero-order valence-corrected chi connectivity index (χ0v) is 18.1. The van der Waals surface area contributed by atoms with E-state index in [-0.39, 0.29) is 27.0 Å². The Morgan fingerprint density at radius 2 is 1.94 bits per heavy atom. The number of aromatic carboxylic acids is 1. The van der Waals surface area contributed by atoms with Gasteiger partial charge in [-0.15, -0.1) is 0 Å². The van der Waals surface area contributed by atoms with Crippen LogP contribution in [0.1, 0.15) is 21.7 Å². The van der Waals surface area contributed by atoms with Gasteiger partial charge in [-0.1, -0.05) is 35.9 Å². The number of aryl methyl sites for hydroxylation is 1. The Morgan fingerprint density at radius 1 is 1.16 bits per heavy atom. The number of hydrogen-bond acceptors (Lipinski definition) is 6. The fraction of sp³-hybridized carbons (Fsp3) is 0.0435. The van der Waals surface area contributed by atoms with Gasteiger partial charge in [0.2, 0.25) is 0 Å². The van der Waals surface area contributed by atoms with Gasteiger partial charge in [0, 0.05) is 11.1 Å². The predicted molar refractivity (Wildman–Crippen MR) is 121 cm³/mol. The maximum atomic E-state index is 13.1. The molecule has 9 heteroatoms. The minimum absolute atomic E-state index is 0.00273. The first kappa shape index (κ1) is 21.5. The van der Waals surface area contributed by atoms with Crippen LogP contribution in [0.4, 0.5) is 5.69 Å². The van der Waals surface area contributed by atoms with Crippen molar-refractivity contribution in [2.45, 2.75) is 6.92 Å². The van der Waals surface area contributed by atoms with Crippen molar-refractivity contribution in [3.63, 3.8) is 0 Å². The lowest BCUT2D eigenvalue weighted by molar-refractivity contribution is -0.255. The number of carboxylic acid groups (broad SMARTS) is 1. The van der Waals surface area contributed by atoms with Gasteiger partial charge >= 0.3 is 0 Å². The number of anilines is 1. The van der Waals surface area contributed by atoms with Crippen LogP contribution in [0, 0.1) is 6.92 Å². The molecule has 2 heterocycles. The molecule has 0 radical (unpaired) electrons. The summed E-state index contributed by atoms with van der Waals surface area (Å²) in [5.74, 6) is -1.98. The largest absolute Gasteiger partial charge is 0.545 e. The molecule has 0 spiro atoms. The van der Waals surface area contributed by atoms with E-state index in [1.807, 2.05) is 13.0 Å². The van der Waals surface area contributed by atoms with E-state index in [9.17, 15) is 19.5 Å². The number of rotatable bonds is 4. The Hall–Kier alpha value is -3.75. The van der Waals surface area contributed by atoms with Crippen molar-refractivity contribution in [2.75, 3.05) is 4.90 Å². The summed E-state index contributed by atoms with van der Waals surface area (Å²) < 4.78 is 5.73. The van der Waals surface area contributed by atoms with E-state index in [1.165, 1.54) is 29.2 Å². The third-order valence-electron chi connectivity index (χ3n) is 4.75. The molecule has 1 aliphatic rings. The van der Waals surface area contributed by atoms with Gasteiger partial charge < -0.3 is 14.3 Å². The van der Waals surface area contributed by atoms with Crippen LogP contribution in [-0.2, 0) is 9.59 Å². The molecule has 32 heavy (non-hydrogen) atoms. The minimum atomic E-state index is -1.38. The molecule has 1 aliphatic heterocycles. The molecular formula is C23H14ClN2O5S-. The molecule has 0 saturated carbocycles. The fourth-order valence-corrected chi connectivity index (χ4v) is 3.76. The van der Waals surface area contributed by atoms with Crippen molar-refractivity contribution in [1.82, 2.24) is 5.32 Å². The van der Waals surface area contributed by atoms with Crippen LogP contribution in [0.25, 0.3) is 17.4 Å². The summed E-state index contributed by atoms with van der Waals surface area (Å²) in [6.45, 7) is 1.88. The van der Waals surface area contributed by atoms with Crippen molar-refractivity contribution in [3.05, 3.63) is 82.1 Å². The van der Waals surface area contributed by atoms with Gasteiger partial charge in [-0.25, -0.2) is 0 Å². The van der Waals surface area contributed by atoms with Crippen molar-refractivity contribution in [1.29, 1.82) is 0 Å². The maximum absolute atomic E-state index is 13.1. The van der Waals surface area contributed by atoms with Crippen molar-refractivity contribution >= 4 is 58.5 Å². The van der Waals surface area contributed by atoms with E-state index in [0.29, 0.717) is 17.0 Å². The summed E-state index contributed by atoms with van der Waals surface area (Å²) in [5.41, 5.74) is 1.70. The number of benzene rings is 2. The highest BCUT2D eigenvalue weighted by molar-refractivity contribution is 7.80. The van der Waals surface area contributed by atoms with Gasteiger partial charge in [-0.05, 0) is 61.1 Å². The minimum Gasteiger partial charge on any atom is -0.545 e. The van der Waals surface area contributed by atoms with Crippen LogP contribution in [0.2, 0.25) is 5.02 Å². The summed E-state index contributed by atoms with van der Waals surface area (Å²) in [6, 6.07) is 14.6. The highest BCUT2D eigenvalue weighted by Crippen LogP contribution is 2.29. The van der Waals surface area contributed by atoms with Gasteiger partial charge in [0.05, 0.1) is 16.7 Å². The molecule has 1 saturated heterocycles. The van der Waals surface area contributed by atoms with Crippen LogP contribution in [0.5, 0.6) is 0 Å². The number of carboxylic acids is 1. The number of hydrogen-bond donors (Lipinski definition) is 1. The van der Waals surface area contributed by atoms with Gasteiger partial charge in [0.1, 0.15) is 17.1 Å². The molecule has 2 amide bonds. The topological polar surface area (TPSA) is 103 Å². The second-order valence-corrected chi connectivity index (χ2v) is 7.77. The molecule has 160 valence electrons. The van der Waals surface area contributed by atoms with Crippen molar-refractivity contribution < 1.29 is 23.9 Å². The second kappa shape index (κ2) is 8.41. The summed E-state index contributed by atoms with van der Waals surface area (Å²) in [7, 11) is 0.